The molecular weight excluding hydrogens is 230 g/mol. The molecule has 1 heterocycles. The Morgan fingerprint density at radius 3 is 2.41 bits per heavy atom. The summed E-state index contributed by atoms with van der Waals surface area (Å²) in [5, 5.41) is 0. The maximum Gasteiger partial charge on any atom is 0.0366 e. The SMILES string of the molecule is CSC1(C(CN)N2CC(C)C(N(C)C)C2)CC1. The summed E-state index contributed by atoms with van der Waals surface area (Å²) in [5.41, 5.74) is 6.05. The molecular formula is C13H27N3S. The summed E-state index contributed by atoms with van der Waals surface area (Å²) in [6.45, 7) is 5.59. The summed E-state index contributed by atoms with van der Waals surface area (Å²) in [6.07, 6.45) is 4.96. The lowest BCUT2D eigenvalue weighted by Gasteiger charge is -2.33. The van der Waals surface area contributed by atoms with E-state index >= 15 is 0 Å². The van der Waals surface area contributed by atoms with Gasteiger partial charge < -0.3 is 10.6 Å². The summed E-state index contributed by atoms with van der Waals surface area (Å²) in [6, 6.07) is 1.28. The van der Waals surface area contributed by atoms with E-state index in [2.05, 4.69) is 37.1 Å². The molecule has 0 radical (unpaired) electrons. The van der Waals surface area contributed by atoms with Crippen LogP contribution in [-0.4, -0.2) is 66.6 Å². The fraction of sp³-hybridized carbons (Fsp3) is 1.00. The first kappa shape index (κ1) is 13.7. The average molecular weight is 257 g/mol. The third-order valence-electron chi connectivity index (χ3n) is 4.68. The van der Waals surface area contributed by atoms with Crippen LogP contribution in [0, 0.1) is 5.92 Å². The smallest absolute Gasteiger partial charge is 0.0366 e. The van der Waals surface area contributed by atoms with E-state index in [1.165, 1.54) is 25.9 Å². The number of nitrogens with zero attached hydrogens (tertiary/aromatic N) is 2. The van der Waals surface area contributed by atoms with Crippen LogP contribution in [0.4, 0.5) is 0 Å². The molecule has 3 unspecified atom stereocenters. The highest BCUT2D eigenvalue weighted by Crippen LogP contribution is 2.51. The fourth-order valence-electron chi connectivity index (χ4n) is 3.41. The Balaban J connectivity index is 2.03. The van der Waals surface area contributed by atoms with Crippen molar-refractivity contribution in [3.05, 3.63) is 0 Å². The number of hydrogen-bond acceptors (Lipinski definition) is 4. The summed E-state index contributed by atoms with van der Waals surface area (Å²) in [4.78, 5) is 5.02. The van der Waals surface area contributed by atoms with Gasteiger partial charge in [-0.1, -0.05) is 6.92 Å². The molecule has 0 bridgehead atoms. The van der Waals surface area contributed by atoms with Crippen molar-refractivity contribution in [3.8, 4) is 0 Å². The molecule has 1 saturated carbocycles. The zero-order valence-electron chi connectivity index (χ0n) is 11.6. The van der Waals surface area contributed by atoms with Crippen molar-refractivity contribution in [2.75, 3.05) is 40.0 Å². The number of likely N-dealkylation sites (N-methyl/N-ethyl adjacent to an activating group) is 1. The maximum atomic E-state index is 6.05. The van der Waals surface area contributed by atoms with Crippen LogP contribution in [0.1, 0.15) is 19.8 Å². The first-order chi connectivity index (χ1) is 8.04. The summed E-state index contributed by atoms with van der Waals surface area (Å²) in [7, 11) is 4.40. The van der Waals surface area contributed by atoms with Crippen molar-refractivity contribution in [2.45, 2.75) is 36.6 Å². The van der Waals surface area contributed by atoms with Crippen LogP contribution in [-0.2, 0) is 0 Å². The van der Waals surface area contributed by atoms with E-state index in [4.69, 9.17) is 5.73 Å². The van der Waals surface area contributed by atoms with Crippen molar-refractivity contribution in [2.24, 2.45) is 11.7 Å². The van der Waals surface area contributed by atoms with Crippen LogP contribution in [0.25, 0.3) is 0 Å². The molecule has 2 rings (SSSR count). The largest absolute Gasteiger partial charge is 0.329 e. The maximum absolute atomic E-state index is 6.05. The number of thioether (sulfide) groups is 1. The van der Waals surface area contributed by atoms with Crippen LogP contribution in [0.3, 0.4) is 0 Å². The Labute approximate surface area is 110 Å². The molecule has 3 nitrogen and oxygen atoms in total. The molecule has 2 N–H and O–H groups in total. The first-order valence-electron chi connectivity index (χ1n) is 6.70. The lowest BCUT2D eigenvalue weighted by Crippen LogP contribution is -2.48. The zero-order valence-corrected chi connectivity index (χ0v) is 12.5. The molecule has 1 saturated heterocycles. The van der Waals surface area contributed by atoms with Gasteiger partial charge in [-0.2, -0.15) is 11.8 Å². The van der Waals surface area contributed by atoms with Gasteiger partial charge in [0.25, 0.3) is 0 Å². The standard InChI is InChI=1S/C13H27N3S/c1-10-8-16(9-11(10)15(2)3)12(7-14)13(17-4)5-6-13/h10-12H,5-9,14H2,1-4H3. The van der Waals surface area contributed by atoms with Gasteiger partial charge in [-0.15, -0.1) is 0 Å². The van der Waals surface area contributed by atoms with Gasteiger partial charge in [0, 0.05) is 36.5 Å². The Kier molecular flexibility index (Phi) is 4.08. The van der Waals surface area contributed by atoms with Crippen molar-refractivity contribution in [3.63, 3.8) is 0 Å². The van der Waals surface area contributed by atoms with Gasteiger partial charge in [-0.25, -0.2) is 0 Å². The Hall–Kier alpha value is 0.230. The molecule has 2 fully saturated rings. The van der Waals surface area contributed by atoms with Gasteiger partial charge in [-0.3, -0.25) is 4.90 Å². The van der Waals surface area contributed by atoms with Crippen LogP contribution in [0.15, 0.2) is 0 Å². The molecule has 4 heteroatoms. The summed E-state index contributed by atoms with van der Waals surface area (Å²) in [5.74, 6) is 0.761. The molecule has 0 amide bonds. The molecule has 2 aliphatic rings. The monoisotopic (exact) mass is 257 g/mol. The number of hydrogen-bond donors (Lipinski definition) is 1. The minimum absolute atomic E-state index is 0.482. The Bertz CT molecular complexity index is 265. The minimum Gasteiger partial charge on any atom is -0.329 e. The molecule has 1 aliphatic heterocycles. The van der Waals surface area contributed by atoms with E-state index in [1.807, 2.05) is 11.8 Å². The summed E-state index contributed by atoms with van der Waals surface area (Å²) < 4.78 is 0.482. The third kappa shape index (κ3) is 2.50. The van der Waals surface area contributed by atoms with Gasteiger partial charge in [0.15, 0.2) is 0 Å². The molecule has 0 aromatic carbocycles. The molecule has 1 aliphatic carbocycles. The molecule has 3 atom stereocenters. The molecule has 0 aromatic rings. The highest BCUT2D eigenvalue weighted by Gasteiger charge is 2.52. The van der Waals surface area contributed by atoms with Gasteiger partial charge in [0.2, 0.25) is 0 Å². The van der Waals surface area contributed by atoms with E-state index in [-0.39, 0.29) is 0 Å². The highest BCUT2D eigenvalue weighted by atomic mass is 32.2. The molecule has 100 valence electrons. The average Bonchev–Trinajstić information content (AvgIpc) is 2.97. The van der Waals surface area contributed by atoms with E-state index in [1.54, 1.807) is 0 Å². The Morgan fingerprint density at radius 1 is 1.41 bits per heavy atom. The van der Waals surface area contributed by atoms with E-state index < -0.39 is 0 Å². The topological polar surface area (TPSA) is 32.5 Å². The van der Waals surface area contributed by atoms with Crippen molar-refractivity contribution >= 4 is 11.8 Å². The normalized spacial score (nSPS) is 34.2. The predicted octanol–water partition coefficient (Wildman–Crippen LogP) is 1.09. The molecule has 0 aromatic heterocycles. The zero-order chi connectivity index (χ0) is 12.6. The van der Waals surface area contributed by atoms with Gasteiger partial charge >= 0.3 is 0 Å². The lowest BCUT2D eigenvalue weighted by atomic mass is 10.1. The minimum atomic E-state index is 0.482. The Morgan fingerprint density at radius 2 is 2.06 bits per heavy atom. The summed E-state index contributed by atoms with van der Waals surface area (Å²) >= 11 is 2.03. The second-order valence-electron chi connectivity index (χ2n) is 5.98. The van der Waals surface area contributed by atoms with E-state index in [0.717, 1.165) is 12.5 Å². The van der Waals surface area contributed by atoms with Crippen molar-refractivity contribution in [1.82, 2.24) is 9.80 Å². The van der Waals surface area contributed by atoms with E-state index in [0.29, 0.717) is 16.8 Å². The van der Waals surface area contributed by atoms with Gasteiger partial charge in [0.05, 0.1) is 0 Å². The highest BCUT2D eigenvalue weighted by molar-refractivity contribution is 8.00. The van der Waals surface area contributed by atoms with Crippen molar-refractivity contribution in [1.29, 1.82) is 0 Å². The predicted molar refractivity (Wildman–Crippen MR) is 76.5 cm³/mol. The third-order valence-corrected chi connectivity index (χ3v) is 6.18. The lowest BCUT2D eigenvalue weighted by molar-refractivity contribution is 0.210. The fourth-order valence-corrected chi connectivity index (χ4v) is 4.43. The quantitative estimate of drug-likeness (QED) is 0.799. The second kappa shape index (κ2) is 5.08. The van der Waals surface area contributed by atoms with Crippen molar-refractivity contribution < 1.29 is 0 Å². The number of nitrogens with two attached hydrogens (primary N) is 1. The van der Waals surface area contributed by atoms with Crippen LogP contribution in [0.2, 0.25) is 0 Å². The van der Waals surface area contributed by atoms with Crippen LogP contribution in [0.5, 0.6) is 0 Å². The molecule has 0 spiro atoms. The molecule has 17 heavy (non-hydrogen) atoms. The number of likely N-dealkylation sites (tertiary alicyclic amines) is 1. The van der Waals surface area contributed by atoms with Crippen LogP contribution >= 0.6 is 11.8 Å². The second-order valence-corrected chi connectivity index (χ2v) is 7.20. The van der Waals surface area contributed by atoms with Gasteiger partial charge in [-0.05, 0) is 39.1 Å². The first-order valence-corrected chi connectivity index (χ1v) is 7.92. The van der Waals surface area contributed by atoms with Crippen LogP contribution < -0.4 is 5.73 Å². The number of rotatable bonds is 5. The van der Waals surface area contributed by atoms with E-state index in [9.17, 15) is 0 Å². The van der Waals surface area contributed by atoms with Gasteiger partial charge in [0.1, 0.15) is 0 Å².